The molecule has 1 saturated heterocycles. The van der Waals surface area contributed by atoms with Gasteiger partial charge in [-0.2, -0.15) is 0 Å². The summed E-state index contributed by atoms with van der Waals surface area (Å²) in [6.07, 6.45) is 0. The molecule has 4 heteroatoms. The molecule has 1 aliphatic heterocycles. The monoisotopic (exact) mass is 317 g/mol. The van der Waals surface area contributed by atoms with Gasteiger partial charge in [-0.05, 0) is 43.0 Å². The van der Waals surface area contributed by atoms with Gasteiger partial charge in [-0.25, -0.2) is 0 Å². The Morgan fingerprint density at radius 3 is 2.64 bits per heavy atom. The van der Waals surface area contributed by atoms with E-state index in [-0.39, 0.29) is 0 Å². The third-order valence-corrected chi connectivity index (χ3v) is 5.38. The molecule has 1 N–H and O–H groups in total. The number of thiophene rings is 1. The zero-order valence-corrected chi connectivity index (χ0v) is 14.3. The highest BCUT2D eigenvalue weighted by atomic mass is 32.1. The van der Waals surface area contributed by atoms with Gasteiger partial charge in [0.2, 0.25) is 0 Å². The Kier molecular flexibility index (Phi) is 5.01. The van der Waals surface area contributed by atoms with E-state index in [0.717, 1.165) is 25.4 Å². The second-order valence-corrected chi connectivity index (χ2v) is 6.84. The Morgan fingerprint density at radius 1 is 1.18 bits per heavy atom. The molecular formula is C18H25N2OS+. The van der Waals surface area contributed by atoms with Crippen molar-refractivity contribution in [3.8, 4) is 5.75 Å². The average molecular weight is 317 g/mol. The van der Waals surface area contributed by atoms with Crippen LogP contribution >= 0.6 is 11.3 Å². The lowest BCUT2D eigenvalue weighted by Crippen LogP contribution is -3.13. The van der Waals surface area contributed by atoms with Crippen LogP contribution in [0.5, 0.6) is 5.75 Å². The summed E-state index contributed by atoms with van der Waals surface area (Å²) in [6.45, 7) is 10.7. The van der Waals surface area contributed by atoms with Gasteiger partial charge in [-0.1, -0.05) is 12.1 Å². The Bertz CT molecular complexity index is 603. The van der Waals surface area contributed by atoms with E-state index >= 15 is 0 Å². The topological polar surface area (TPSA) is 16.9 Å². The van der Waals surface area contributed by atoms with Crippen LogP contribution < -0.4 is 14.5 Å². The number of anilines is 1. The van der Waals surface area contributed by atoms with Gasteiger partial charge in [0.05, 0.1) is 43.4 Å². The molecule has 1 fully saturated rings. The molecule has 2 heterocycles. The predicted octanol–water partition coefficient (Wildman–Crippen LogP) is 2.36. The first-order chi connectivity index (χ1) is 10.8. The first kappa shape index (κ1) is 15.4. The summed E-state index contributed by atoms with van der Waals surface area (Å²) in [6, 6.07) is 10.6. The van der Waals surface area contributed by atoms with Crippen molar-refractivity contribution >= 4 is 17.0 Å². The van der Waals surface area contributed by atoms with Crippen molar-refractivity contribution in [3.63, 3.8) is 0 Å². The molecule has 0 radical (unpaired) electrons. The highest BCUT2D eigenvalue weighted by molar-refractivity contribution is 7.10. The minimum Gasteiger partial charge on any atom is -0.492 e. The molecule has 3 nitrogen and oxygen atoms in total. The largest absolute Gasteiger partial charge is 0.492 e. The van der Waals surface area contributed by atoms with Crippen LogP contribution in [0.4, 0.5) is 5.69 Å². The molecule has 1 aliphatic rings. The molecular weight excluding hydrogens is 292 g/mol. The standard InChI is InChI=1S/C18H24N2OS/c1-3-21-17-7-5-4-6-16(17)20-11-9-19(10-12-20)14-18-15(2)8-13-22-18/h4-8,13H,3,9-12,14H2,1-2H3/p+1. The molecule has 0 atom stereocenters. The number of hydrogen-bond acceptors (Lipinski definition) is 3. The van der Waals surface area contributed by atoms with Crippen LogP contribution in [-0.4, -0.2) is 32.8 Å². The van der Waals surface area contributed by atoms with Gasteiger partial charge in [0.15, 0.2) is 0 Å². The lowest BCUT2D eigenvalue weighted by atomic mass is 10.2. The minimum absolute atomic E-state index is 0.722. The van der Waals surface area contributed by atoms with Gasteiger partial charge in [-0.15, -0.1) is 11.3 Å². The highest BCUT2D eigenvalue weighted by Gasteiger charge is 2.22. The normalized spacial score (nSPS) is 16.0. The van der Waals surface area contributed by atoms with Crippen LogP contribution in [-0.2, 0) is 6.54 Å². The summed E-state index contributed by atoms with van der Waals surface area (Å²) in [5, 5.41) is 2.21. The van der Waals surface area contributed by atoms with Crippen molar-refractivity contribution in [1.82, 2.24) is 0 Å². The van der Waals surface area contributed by atoms with Gasteiger partial charge in [0.1, 0.15) is 12.3 Å². The first-order valence-corrected chi connectivity index (χ1v) is 8.99. The fourth-order valence-corrected chi connectivity index (χ4v) is 4.03. The van der Waals surface area contributed by atoms with E-state index < -0.39 is 0 Å². The molecule has 0 unspecified atom stereocenters. The third kappa shape index (κ3) is 3.45. The molecule has 0 aliphatic carbocycles. The molecule has 0 bridgehead atoms. The quantitative estimate of drug-likeness (QED) is 0.912. The maximum absolute atomic E-state index is 5.77. The summed E-state index contributed by atoms with van der Waals surface area (Å²) in [4.78, 5) is 5.70. The number of aryl methyl sites for hydroxylation is 1. The van der Waals surface area contributed by atoms with E-state index in [1.807, 2.05) is 18.3 Å². The fraction of sp³-hybridized carbons (Fsp3) is 0.444. The Labute approximate surface area is 137 Å². The van der Waals surface area contributed by atoms with Crippen LogP contribution in [0.1, 0.15) is 17.4 Å². The van der Waals surface area contributed by atoms with Gasteiger partial charge in [-0.3, -0.25) is 0 Å². The lowest BCUT2D eigenvalue weighted by molar-refractivity contribution is -0.914. The maximum Gasteiger partial charge on any atom is 0.142 e. The van der Waals surface area contributed by atoms with E-state index in [1.54, 1.807) is 4.90 Å². The van der Waals surface area contributed by atoms with Gasteiger partial charge in [0, 0.05) is 0 Å². The molecule has 22 heavy (non-hydrogen) atoms. The molecule has 0 amide bonds. The van der Waals surface area contributed by atoms with Crippen LogP contribution in [0.3, 0.4) is 0 Å². The van der Waals surface area contributed by atoms with Crippen LogP contribution in [0.2, 0.25) is 0 Å². The van der Waals surface area contributed by atoms with Crippen molar-refractivity contribution in [2.24, 2.45) is 0 Å². The second-order valence-electron chi connectivity index (χ2n) is 5.84. The van der Waals surface area contributed by atoms with Crippen molar-refractivity contribution in [2.45, 2.75) is 20.4 Å². The lowest BCUT2D eigenvalue weighted by Gasteiger charge is -2.34. The zero-order valence-electron chi connectivity index (χ0n) is 13.5. The Balaban J connectivity index is 1.61. The number of para-hydroxylation sites is 2. The van der Waals surface area contributed by atoms with Crippen LogP contribution in [0.25, 0.3) is 0 Å². The summed E-state index contributed by atoms with van der Waals surface area (Å²) in [7, 11) is 0. The van der Waals surface area contributed by atoms with E-state index in [2.05, 4.69) is 47.5 Å². The number of rotatable bonds is 5. The van der Waals surface area contributed by atoms with Gasteiger partial charge >= 0.3 is 0 Å². The SMILES string of the molecule is CCOc1ccccc1N1CC[NH+](Cc2sccc2C)CC1. The van der Waals surface area contributed by atoms with Gasteiger partial charge in [0.25, 0.3) is 0 Å². The number of quaternary nitrogens is 1. The number of ether oxygens (including phenoxy) is 1. The fourth-order valence-electron chi connectivity index (χ4n) is 3.05. The number of hydrogen-bond donors (Lipinski definition) is 1. The van der Waals surface area contributed by atoms with Crippen molar-refractivity contribution < 1.29 is 9.64 Å². The van der Waals surface area contributed by atoms with Crippen LogP contribution in [0.15, 0.2) is 35.7 Å². The molecule has 1 aromatic carbocycles. The number of nitrogens with zero attached hydrogens (tertiary/aromatic N) is 1. The highest BCUT2D eigenvalue weighted by Crippen LogP contribution is 2.27. The minimum atomic E-state index is 0.722. The molecule has 1 aromatic heterocycles. The van der Waals surface area contributed by atoms with Crippen molar-refractivity contribution in [1.29, 1.82) is 0 Å². The Morgan fingerprint density at radius 2 is 1.95 bits per heavy atom. The average Bonchev–Trinajstić information content (AvgIpc) is 2.94. The zero-order chi connectivity index (χ0) is 15.4. The Hall–Kier alpha value is -1.52. The first-order valence-electron chi connectivity index (χ1n) is 8.11. The van der Waals surface area contributed by atoms with Crippen molar-refractivity contribution in [3.05, 3.63) is 46.2 Å². The maximum atomic E-state index is 5.77. The molecule has 0 saturated carbocycles. The predicted molar refractivity (Wildman–Crippen MR) is 93.3 cm³/mol. The summed E-state index contributed by atoms with van der Waals surface area (Å²) in [5.74, 6) is 1.02. The number of piperazine rings is 1. The number of benzene rings is 1. The molecule has 2 aromatic rings. The molecule has 3 rings (SSSR count). The van der Waals surface area contributed by atoms with E-state index in [1.165, 1.54) is 35.8 Å². The molecule has 0 spiro atoms. The summed E-state index contributed by atoms with van der Waals surface area (Å²) in [5.41, 5.74) is 2.69. The van der Waals surface area contributed by atoms with Crippen LogP contribution in [0, 0.1) is 6.92 Å². The van der Waals surface area contributed by atoms with E-state index in [9.17, 15) is 0 Å². The smallest absolute Gasteiger partial charge is 0.142 e. The van der Waals surface area contributed by atoms with E-state index in [0.29, 0.717) is 0 Å². The summed E-state index contributed by atoms with van der Waals surface area (Å²) >= 11 is 1.89. The second kappa shape index (κ2) is 7.16. The molecule has 118 valence electrons. The number of nitrogens with one attached hydrogen (secondary N) is 1. The third-order valence-electron chi connectivity index (χ3n) is 4.36. The van der Waals surface area contributed by atoms with Gasteiger partial charge < -0.3 is 14.5 Å². The van der Waals surface area contributed by atoms with E-state index in [4.69, 9.17) is 4.74 Å². The summed E-state index contributed by atoms with van der Waals surface area (Å²) < 4.78 is 5.77. The van der Waals surface area contributed by atoms with Crippen molar-refractivity contribution in [2.75, 3.05) is 37.7 Å².